The Kier molecular flexibility index (Phi) is 5.28. The highest BCUT2D eigenvalue weighted by Gasteiger charge is 2.25. The highest BCUT2D eigenvalue weighted by atomic mass is 79.9. The first-order chi connectivity index (χ1) is 9.10. The van der Waals surface area contributed by atoms with Crippen molar-refractivity contribution in [2.45, 2.75) is 38.6 Å². The maximum atomic E-state index is 12.3. The molecule has 2 nitrogen and oxygen atoms in total. The second-order valence-electron chi connectivity index (χ2n) is 5.30. The Morgan fingerprint density at radius 2 is 2.11 bits per heavy atom. The van der Waals surface area contributed by atoms with E-state index in [1.165, 1.54) is 19.3 Å². The molecule has 0 radical (unpaired) electrons. The number of carbonyl (C=O) groups excluding carboxylic acids is 1. The lowest BCUT2D eigenvalue weighted by Gasteiger charge is -2.31. The van der Waals surface area contributed by atoms with Gasteiger partial charge in [-0.15, -0.1) is 0 Å². The largest absolute Gasteiger partial charge is 0.349 e. The minimum atomic E-state index is -0.0107. The van der Waals surface area contributed by atoms with Crippen molar-refractivity contribution in [1.29, 1.82) is 0 Å². The first-order valence-electron chi connectivity index (χ1n) is 6.74. The molecule has 2 unspecified atom stereocenters. The molecule has 1 N–H and O–H groups in total. The van der Waals surface area contributed by atoms with Crippen LogP contribution in [0.25, 0.3) is 0 Å². The SMILES string of the molecule is Cc1cc(Cl)cc(C(=O)NC2CCCCC2CBr)c1. The number of rotatable bonds is 3. The summed E-state index contributed by atoms with van der Waals surface area (Å²) >= 11 is 9.55. The number of carbonyl (C=O) groups is 1. The van der Waals surface area contributed by atoms with Gasteiger partial charge in [-0.1, -0.05) is 40.4 Å². The third-order valence-corrected chi connectivity index (χ3v) is 4.78. The van der Waals surface area contributed by atoms with Crippen LogP contribution in [0.15, 0.2) is 18.2 Å². The lowest BCUT2D eigenvalue weighted by atomic mass is 9.86. The number of hydrogen-bond acceptors (Lipinski definition) is 1. The third-order valence-electron chi connectivity index (χ3n) is 3.73. The molecule has 0 bridgehead atoms. The summed E-state index contributed by atoms with van der Waals surface area (Å²) in [6.45, 7) is 1.95. The van der Waals surface area contributed by atoms with E-state index >= 15 is 0 Å². The van der Waals surface area contributed by atoms with Gasteiger partial charge in [0.25, 0.3) is 5.91 Å². The fourth-order valence-corrected chi connectivity index (χ4v) is 3.77. The summed E-state index contributed by atoms with van der Waals surface area (Å²) in [4.78, 5) is 12.3. The van der Waals surface area contributed by atoms with Crippen molar-refractivity contribution < 1.29 is 4.79 Å². The molecule has 1 amide bonds. The molecule has 1 aliphatic rings. The molecular formula is C15H19BrClNO. The van der Waals surface area contributed by atoms with Crippen LogP contribution in [0.5, 0.6) is 0 Å². The number of hydrogen-bond donors (Lipinski definition) is 1. The summed E-state index contributed by atoms with van der Waals surface area (Å²) in [5.41, 5.74) is 1.67. The highest BCUT2D eigenvalue weighted by Crippen LogP contribution is 2.26. The standard InChI is InChI=1S/C15H19BrClNO/c1-10-6-12(8-13(17)7-10)15(19)18-14-5-3-2-4-11(14)9-16/h6-8,11,14H,2-5,9H2,1H3,(H,18,19). The summed E-state index contributed by atoms with van der Waals surface area (Å²) in [7, 11) is 0. The van der Waals surface area contributed by atoms with E-state index < -0.39 is 0 Å². The predicted molar refractivity (Wildman–Crippen MR) is 83.2 cm³/mol. The number of alkyl halides is 1. The van der Waals surface area contributed by atoms with Crippen LogP contribution >= 0.6 is 27.5 Å². The van der Waals surface area contributed by atoms with Crippen molar-refractivity contribution >= 4 is 33.4 Å². The van der Waals surface area contributed by atoms with Crippen molar-refractivity contribution in [2.24, 2.45) is 5.92 Å². The van der Waals surface area contributed by atoms with E-state index in [-0.39, 0.29) is 11.9 Å². The lowest BCUT2D eigenvalue weighted by molar-refractivity contribution is 0.0911. The number of benzene rings is 1. The van der Waals surface area contributed by atoms with Gasteiger partial charge in [0.05, 0.1) is 0 Å². The third kappa shape index (κ3) is 3.96. The molecule has 0 spiro atoms. The molecule has 19 heavy (non-hydrogen) atoms. The van der Waals surface area contributed by atoms with Crippen LogP contribution in [-0.4, -0.2) is 17.3 Å². The zero-order valence-corrected chi connectivity index (χ0v) is 13.4. The fourth-order valence-electron chi connectivity index (χ4n) is 2.70. The second kappa shape index (κ2) is 6.76. The van der Waals surface area contributed by atoms with Gasteiger partial charge < -0.3 is 5.32 Å². The quantitative estimate of drug-likeness (QED) is 0.812. The molecule has 0 aliphatic heterocycles. The Bertz CT molecular complexity index is 443. The van der Waals surface area contributed by atoms with E-state index in [1.807, 2.05) is 19.1 Å². The van der Waals surface area contributed by atoms with Crippen molar-refractivity contribution in [3.8, 4) is 0 Å². The predicted octanol–water partition coefficient (Wildman–Crippen LogP) is 4.33. The monoisotopic (exact) mass is 343 g/mol. The molecule has 1 aromatic rings. The summed E-state index contributed by atoms with van der Waals surface area (Å²) in [5, 5.41) is 4.73. The molecule has 0 aromatic heterocycles. The fraction of sp³-hybridized carbons (Fsp3) is 0.533. The van der Waals surface area contributed by atoms with Crippen LogP contribution in [0.1, 0.15) is 41.6 Å². The van der Waals surface area contributed by atoms with Gasteiger partial charge in [0.2, 0.25) is 0 Å². The zero-order chi connectivity index (χ0) is 13.8. The number of amides is 1. The van der Waals surface area contributed by atoms with Crippen molar-refractivity contribution in [3.05, 3.63) is 34.3 Å². The van der Waals surface area contributed by atoms with E-state index in [2.05, 4.69) is 21.2 Å². The van der Waals surface area contributed by atoms with E-state index in [0.29, 0.717) is 16.5 Å². The van der Waals surface area contributed by atoms with Crippen molar-refractivity contribution in [2.75, 3.05) is 5.33 Å². The first-order valence-corrected chi connectivity index (χ1v) is 8.24. The Hall–Kier alpha value is -0.540. The van der Waals surface area contributed by atoms with Gasteiger partial charge in [-0.05, 0) is 49.4 Å². The molecule has 1 saturated carbocycles. The minimum absolute atomic E-state index is 0.0107. The number of nitrogens with one attached hydrogen (secondary N) is 1. The average Bonchev–Trinajstić information content (AvgIpc) is 2.38. The van der Waals surface area contributed by atoms with Crippen molar-refractivity contribution in [3.63, 3.8) is 0 Å². The molecule has 0 saturated heterocycles. The summed E-state index contributed by atoms with van der Waals surface area (Å²) in [6, 6.07) is 5.75. The van der Waals surface area contributed by atoms with E-state index in [9.17, 15) is 4.79 Å². The number of halogens is 2. The summed E-state index contributed by atoms with van der Waals surface area (Å²) in [6.07, 6.45) is 4.72. The van der Waals surface area contributed by atoms with Gasteiger partial charge in [0.1, 0.15) is 0 Å². The second-order valence-corrected chi connectivity index (χ2v) is 6.38. The normalized spacial score (nSPS) is 23.1. The van der Waals surface area contributed by atoms with Gasteiger partial charge in [0, 0.05) is 22.0 Å². The van der Waals surface area contributed by atoms with Crippen LogP contribution in [0.4, 0.5) is 0 Å². The molecule has 4 heteroatoms. The van der Waals surface area contributed by atoms with Gasteiger partial charge >= 0.3 is 0 Å². The highest BCUT2D eigenvalue weighted by molar-refractivity contribution is 9.09. The van der Waals surface area contributed by atoms with Gasteiger partial charge in [-0.25, -0.2) is 0 Å². The smallest absolute Gasteiger partial charge is 0.251 e. The Morgan fingerprint density at radius 1 is 1.37 bits per heavy atom. The Morgan fingerprint density at radius 3 is 2.79 bits per heavy atom. The minimum Gasteiger partial charge on any atom is -0.349 e. The number of aryl methyl sites for hydroxylation is 1. The van der Waals surface area contributed by atoms with E-state index in [1.54, 1.807) is 6.07 Å². The molecule has 2 rings (SSSR count). The van der Waals surface area contributed by atoms with Gasteiger partial charge in [-0.3, -0.25) is 4.79 Å². The van der Waals surface area contributed by atoms with Crippen LogP contribution in [0, 0.1) is 12.8 Å². The lowest BCUT2D eigenvalue weighted by Crippen LogP contribution is -2.42. The molecular weight excluding hydrogens is 326 g/mol. The van der Waals surface area contributed by atoms with Gasteiger partial charge in [0.15, 0.2) is 0 Å². The van der Waals surface area contributed by atoms with Crippen LogP contribution in [0.3, 0.4) is 0 Å². The maximum absolute atomic E-state index is 12.3. The Labute approximate surface area is 128 Å². The van der Waals surface area contributed by atoms with Crippen LogP contribution < -0.4 is 5.32 Å². The average molecular weight is 345 g/mol. The summed E-state index contributed by atoms with van der Waals surface area (Å²) in [5.74, 6) is 0.529. The molecule has 2 atom stereocenters. The molecule has 1 aliphatic carbocycles. The molecule has 1 aromatic carbocycles. The Balaban J connectivity index is 2.07. The van der Waals surface area contributed by atoms with E-state index in [0.717, 1.165) is 17.3 Å². The van der Waals surface area contributed by atoms with E-state index in [4.69, 9.17) is 11.6 Å². The van der Waals surface area contributed by atoms with Crippen LogP contribution in [-0.2, 0) is 0 Å². The van der Waals surface area contributed by atoms with Crippen LogP contribution in [0.2, 0.25) is 5.02 Å². The summed E-state index contributed by atoms with van der Waals surface area (Å²) < 4.78 is 0. The molecule has 104 valence electrons. The molecule has 1 fully saturated rings. The van der Waals surface area contributed by atoms with Crippen molar-refractivity contribution in [1.82, 2.24) is 5.32 Å². The molecule has 0 heterocycles. The maximum Gasteiger partial charge on any atom is 0.251 e. The first kappa shape index (κ1) is 14.9. The van der Waals surface area contributed by atoms with Gasteiger partial charge in [-0.2, -0.15) is 0 Å². The topological polar surface area (TPSA) is 29.1 Å². The zero-order valence-electron chi connectivity index (χ0n) is 11.1.